The van der Waals surface area contributed by atoms with Crippen LogP contribution < -0.4 is 15.4 Å². The van der Waals surface area contributed by atoms with Gasteiger partial charge in [-0.05, 0) is 37.1 Å². The predicted octanol–water partition coefficient (Wildman–Crippen LogP) is 4.46. The lowest BCUT2D eigenvalue weighted by Crippen LogP contribution is -2.06. The maximum absolute atomic E-state index is 5.40. The highest BCUT2D eigenvalue weighted by Gasteiger charge is 2.07. The van der Waals surface area contributed by atoms with Gasteiger partial charge in [0.25, 0.3) is 0 Å². The first-order valence-electron chi connectivity index (χ1n) is 8.19. The van der Waals surface area contributed by atoms with E-state index in [0.29, 0.717) is 12.5 Å². The summed E-state index contributed by atoms with van der Waals surface area (Å²) in [6.07, 6.45) is 0. The Morgan fingerprint density at radius 3 is 2.52 bits per heavy atom. The largest absolute Gasteiger partial charge is 0.495 e. The molecule has 128 valence electrons. The van der Waals surface area contributed by atoms with E-state index < -0.39 is 0 Å². The average molecular weight is 334 g/mol. The molecule has 0 saturated heterocycles. The third kappa shape index (κ3) is 4.47. The normalized spacial score (nSPS) is 10.4. The molecule has 1 aromatic heterocycles. The Hall–Kier alpha value is -3.08. The molecule has 2 aromatic carbocycles. The monoisotopic (exact) mass is 334 g/mol. The van der Waals surface area contributed by atoms with Crippen LogP contribution in [0, 0.1) is 13.8 Å². The number of rotatable bonds is 6. The molecule has 2 N–H and O–H groups in total. The van der Waals surface area contributed by atoms with E-state index in [1.807, 2.05) is 56.3 Å². The SMILES string of the molecule is COc1ccc(C)cc1Nc1nc(C)cc(NCc2ccccc2)n1. The van der Waals surface area contributed by atoms with Gasteiger partial charge in [-0.15, -0.1) is 0 Å². The Morgan fingerprint density at radius 1 is 0.960 bits per heavy atom. The lowest BCUT2D eigenvalue weighted by molar-refractivity contribution is 0.416. The zero-order chi connectivity index (χ0) is 17.6. The van der Waals surface area contributed by atoms with Crippen LogP contribution in [0.15, 0.2) is 54.6 Å². The van der Waals surface area contributed by atoms with Gasteiger partial charge in [-0.2, -0.15) is 4.98 Å². The molecule has 0 fully saturated rings. The lowest BCUT2D eigenvalue weighted by atomic mass is 10.2. The van der Waals surface area contributed by atoms with E-state index in [1.165, 1.54) is 5.56 Å². The highest BCUT2D eigenvalue weighted by molar-refractivity contribution is 5.64. The van der Waals surface area contributed by atoms with Crippen molar-refractivity contribution in [3.05, 3.63) is 71.4 Å². The molecule has 0 radical (unpaired) electrons. The Bertz CT molecular complexity index is 850. The van der Waals surface area contributed by atoms with Gasteiger partial charge in [-0.3, -0.25) is 0 Å². The second-order valence-corrected chi connectivity index (χ2v) is 5.89. The van der Waals surface area contributed by atoms with Crippen molar-refractivity contribution in [3.8, 4) is 5.75 Å². The third-order valence-corrected chi connectivity index (χ3v) is 3.77. The van der Waals surface area contributed by atoms with Gasteiger partial charge in [-0.1, -0.05) is 36.4 Å². The molecule has 0 bridgehead atoms. The molecule has 0 aliphatic rings. The number of aromatic nitrogens is 2. The molecule has 3 aromatic rings. The van der Waals surface area contributed by atoms with Gasteiger partial charge < -0.3 is 15.4 Å². The quantitative estimate of drug-likeness (QED) is 0.697. The summed E-state index contributed by atoms with van der Waals surface area (Å²) < 4.78 is 5.40. The van der Waals surface area contributed by atoms with Crippen LogP contribution in [0.4, 0.5) is 17.5 Å². The first kappa shape index (κ1) is 16.8. The molecule has 25 heavy (non-hydrogen) atoms. The molecule has 0 amide bonds. The van der Waals surface area contributed by atoms with Gasteiger partial charge in [-0.25, -0.2) is 4.98 Å². The molecule has 5 nitrogen and oxygen atoms in total. The van der Waals surface area contributed by atoms with Crippen LogP contribution >= 0.6 is 0 Å². The van der Waals surface area contributed by atoms with Crippen molar-refractivity contribution in [2.24, 2.45) is 0 Å². The van der Waals surface area contributed by atoms with E-state index in [0.717, 1.165) is 28.5 Å². The lowest BCUT2D eigenvalue weighted by Gasteiger charge is -2.13. The van der Waals surface area contributed by atoms with Crippen LogP contribution in [0.1, 0.15) is 16.8 Å². The van der Waals surface area contributed by atoms with Crippen LogP contribution in [0.2, 0.25) is 0 Å². The van der Waals surface area contributed by atoms with E-state index >= 15 is 0 Å². The standard InChI is InChI=1S/C20H22N4O/c1-14-9-10-18(25-3)17(11-14)23-20-22-15(2)12-19(24-20)21-13-16-7-5-4-6-8-16/h4-12H,13H2,1-3H3,(H2,21,22,23,24). The van der Waals surface area contributed by atoms with E-state index in [1.54, 1.807) is 7.11 Å². The van der Waals surface area contributed by atoms with Crippen LogP contribution in [-0.2, 0) is 6.54 Å². The summed E-state index contributed by atoms with van der Waals surface area (Å²) in [5.41, 5.74) is 4.08. The smallest absolute Gasteiger partial charge is 0.229 e. The topological polar surface area (TPSA) is 59.1 Å². The fourth-order valence-corrected chi connectivity index (χ4v) is 2.54. The molecule has 0 unspecified atom stereocenters. The molecular formula is C20H22N4O. The van der Waals surface area contributed by atoms with Crippen molar-refractivity contribution in [1.29, 1.82) is 0 Å². The number of aryl methyl sites for hydroxylation is 2. The second-order valence-electron chi connectivity index (χ2n) is 5.89. The Balaban J connectivity index is 1.79. The van der Waals surface area contributed by atoms with E-state index in [4.69, 9.17) is 4.74 Å². The molecule has 5 heteroatoms. The van der Waals surface area contributed by atoms with Gasteiger partial charge in [0.1, 0.15) is 11.6 Å². The number of anilines is 3. The van der Waals surface area contributed by atoms with Crippen molar-refractivity contribution >= 4 is 17.5 Å². The number of methoxy groups -OCH3 is 1. The zero-order valence-electron chi connectivity index (χ0n) is 14.7. The van der Waals surface area contributed by atoms with E-state index in [2.05, 4.69) is 32.7 Å². The maximum atomic E-state index is 5.40. The highest BCUT2D eigenvalue weighted by Crippen LogP contribution is 2.27. The van der Waals surface area contributed by atoms with Crippen molar-refractivity contribution in [2.45, 2.75) is 20.4 Å². The number of nitrogens with zero attached hydrogens (tertiary/aromatic N) is 2. The first-order chi connectivity index (χ1) is 12.1. The number of hydrogen-bond donors (Lipinski definition) is 2. The summed E-state index contributed by atoms with van der Waals surface area (Å²) in [5.74, 6) is 2.08. The summed E-state index contributed by atoms with van der Waals surface area (Å²) in [4.78, 5) is 9.03. The summed E-state index contributed by atoms with van der Waals surface area (Å²) >= 11 is 0. The predicted molar refractivity (Wildman–Crippen MR) is 102 cm³/mol. The number of nitrogens with one attached hydrogen (secondary N) is 2. The molecule has 3 rings (SSSR count). The minimum Gasteiger partial charge on any atom is -0.495 e. The highest BCUT2D eigenvalue weighted by atomic mass is 16.5. The fourth-order valence-electron chi connectivity index (χ4n) is 2.54. The van der Waals surface area contributed by atoms with Crippen molar-refractivity contribution < 1.29 is 4.74 Å². The fraction of sp³-hybridized carbons (Fsp3) is 0.200. The van der Waals surface area contributed by atoms with Gasteiger partial charge in [0.2, 0.25) is 5.95 Å². The van der Waals surface area contributed by atoms with Crippen molar-refractivity contribution in [1.82, 2.24) is 9.97 Å². The summed E-state index contributed by atoms with van der Waals surface area (Å²) in [6.45, 7) is 4.70. The van der Waals surface area contributed by atoms with Gasteiger partial charge in [0.05, 0.1) is 12.8 Å². The zero-order valence-corrected chi connectivity index (χ0v) is 14.7. The molecule has 0 saturated carbocycles. The summed E-state index contributed by atoms with van der Waals surface area (Å²) in [6, 6.07) is 18.1. The average Bonchev–Trinajstić information content (AvgIpc) is 2.61. The first-order valence-corrected chi connectivity index (χ1v) is 8.19. The Kier molecular flexibility index (Phi) is 5.14. The minimum absolute atomic E-state index is 0.541. The molecule has 0 aliphatic carbocycles. The molecule has 1 heterocycles. The number of ether oxygens (including phenoxy) is 1. The third-order valence-electron chi connectivity index (χ3n) is 3.77. The summed E-state index contributed by atoms with van der Waals surface area (Å²) in [7, 11) is 1.65. The minimum atomic E-state index is 0.541. The number of benzene rings is 2. The molecule has 0 aliphatic heterocycles. The Labute approximate surface area is 148 Å². The van der Waals surface area contributed by atoms with Crippen molar-refractivity contribution in [3.63, 3.8) is 0 Å². The van der Waals surface area contributed by atoms with Gasteiger partial charge >= 0.3 is 0 Å². The van der Waals surface area contributed by atoms with Crippen molar-refractivity contribution in [2.75, 3.05) is 17.7 Å². The molecule has 0 atom stereocenters. The van der Waals surface area contributed by atoms with Gasteiger partial charge in [0, 0.05) is 18.3 Å². The van der Waals surface area contributed by atoms with Crippen LogP contribution in [0.25, 0.3) is 0 Å². The van der Waals surface area contributed by atoms with E-state index in [9.17, 15) is 0 Å². The van der Waals surface area contributed by atoms with Crippen LogP contribution in [-0.4, -0.2) is 17.1 Å². The maximum Gasteiger partial charge on any atom is 0.229 e. The molecule has 0 spiro atoms. The van der Waals surface area contributed by atoms with Gasteiger partial charge in [0.15, 0.2) is 0 Å². The van der Waals surface area contributed by atoms with Crippen LogP contribution in [0.3, 0.4) is 0 Å². The number of hydrogen-bond acceptors (Lipinski definition) is 5. The van der Waals surface area contributed by atoms with E-state index in [-0.39, 0.29) is 0 Å². The van der Waals surface area contributed by atoms with Crippen LogP contribution in [0.5, 0.6) is 5.75 Å². The Morgan fingerprint density at radius 2 is 1.76 bits per heavy atom. The molecular weight excluding hydrogens is 312 g/mol. The summed E-state index contributed by atoms with van der Waals surface area (Å²) in [5, 5.41) is 6.60. The second kappa shape index (κ2) is 7.66.